The molecule has 1 aromatic heterocycles. The molecule has 0 spiro atoms. The quantitative estimate of drug-likeness (QED) is 0.752. The van der Waals surface area contributed by atoms with Crippen molar-refractivity contribution in [3.63, 3.8) is 0 Å². The summed E-state index contributed by atoms with van der Waals surface area (Å²) in [5, 5.41) is 3.49. The molecule has 114 valence electrons. The largest absolute Gasteiger partial charge is 0.452 e. The van der Waals surface area contributed by atoms with Crippen LogP contribution in [-0.4, -0.2) is 6.54 Å². The zero-order valence-electron chi connectivity index (χ0n) is 13.2. The fourth-order valence-electron chi connectivity index (χ4n) is 2.40. The first-order chi connectivity index (χ1) is 9.97. The van der Waals surface area contributed by atoms with Crippen LogP contribution in [-0.2, 0) is 5.41 Å². The molecule has 0 aliphatic heterocycles. The molecule has 0 aliphatic rings. The highest BCUT2D eigenvalue weighted by Crippen LogP contribution is 2.30. The van der Waals surface area contributed by atoms with E-state index >= 15 is 0 Å². The maximum Gasteiger partial charge on any atom is 0.169 e. The van der Waals surface area contributed by atoms with E-state index in [9.17, 15) is 0 Å². The van der Waals surface area contributed by atoms with E-state index in [0.29, 0.717) is 0 Å². The van der Waals surface area contributed by atoms with Crippen molar-refractivity contribution < 1.29 is 4.42 Å². The standard InChI is InChI=1S/C18H24BrNO/c1-5-18(3,4)14-9-7-13(8-10-14)17(20-6-2)15-11-12-16(19)21-15/h7-12,17,20H,5-6H2,1-4H3. The Kier molecular flexibility index (Phi) is 5.28. The topological polar surface area (TPSA) is 25.2 Å². The first-order valence-corrected chi connectivity index (χ1v) is 8.36. The van der Waals surface area contributed by atoms with Crippen LogP contribution in [0, 0.1) is 0 Å². The van der Waals surface area contributed by atoms with E-state index in [4.69, 9.17) is 4.42 Å². The van der Waals surface area contributed by atoms with Gasteiger partial charge in [-0.2, -0.15) is 0 Å². The minimum Gasteiger partial charge on any atom is -0.452 e. The molecule has 0 fully saturated rings. The molecular weight excluding hydrogens is 326 g/mol. The fourth-order valence-corrected chi connectivity index (χ4v) is 2.72. The van der Waals surface area contributed by atoms with Gasteiger partial charge < -0.3 is 9.73 Å². The summed E-state index contributed by atoms with van der Waals surface area (Å²) < 4.78 is 6.49. The Morgan fingerprint density at radius 2 is 1.76 bits per heavy atom. The van der Waals surface area contributed by atoms with Crippen molar-refractivity contribution in [3.8, 4) is 0 Å². The molecule has 1 N–H and O–H groups in total. The number of hydrogen-bond donors (Lipinski definition) is 1. The van der Waals surface area contributed by atoms with E-state index in [2.05, 4.69) is 73.2 Å². The summed E-state index contributed by atoms with van der Waals surface area (Å²) >= 11 is 3.38. The maximum atomic E-state index is 5.73. The molecule has 1 aromatic carbocycles. The number of furan rings is 1. The van der Waals surface area contributed by atoms with Crippen LogP contribution in [0.5, 0.6) is 0 Å². The van der Waals surface area contributed by atoms with Crippen LogP contribution in [0.1, 0.15) is 57.0 Å². The van der Waals surface area contributed by atoms with Gasteiger partial charge in [-0.25, -0.2) is 0 Å². The first-order valence-electron chi connectivity index (χ1n) is 7.57. The molecule has 2 aromatic rings. The third-order valence-corrected chi connectivity index (χ3v) is 4.62. The van der Waals surface area contributed by atoms with Gasteiger partial charge in [-0.1, -0.05) is 52.0 Å². The molecule has 1 heterocycles. The summed E-state index contributed by atoms with van der Waals surface area (Å²) in [7, 11) is 0. The van der Waals surface area contributed by atoms with Gasteiger partial charge >= 0.3 is 0 Å². The Labute approximate surface area is 136 Å². The molecule has 1 atom stereocenters. The average Bonchev–Trinajstić information content (AvgIpc) is 2.91. The lowest BCUT2D eigenvalue weighted by atomic mass is 9.82. The molecule has 2 rings (SSSR count). The van der Waals surface area contributed by atoms with Gasteiger partial charge in [-0.15, -0.1) is 0 Å². The van der Waals surface area contributed by atoms with Crippen LogP contribution in [0.25, 0.3) is 0 Å². The summed E-state index contributed by atoms with van der Waals surface area (Å²) in [5.74, 6) is 0.936. The second kappa shape index (κ2) is 6.80. The Morgan fingerprint density at radius 1 is 1.10 bits per heavy atom. The minimum atomic E-state index is 0.0973. The Morgan fingerprint density at radius 3 is 2.24 bits per heavy atom. The molecule has 0 saturated heterocycles. The van der Waals surface area contributed by atoms with Gasteiger partial charge in [0.1, 0.15) is 5.76 Å². The maximum absolute atomic E-state index is 5.73. The predicted molar refractivity (Wildman–Crippen MR) is 91.7 cm³/mol. The summed E-state index contributed by atoms with van der Waals surface area (Å²) in [4.78, 5) is 0. The Balaban J connectivity index is 2.29. The van der Waals surface area contributed by atoms with E-state index in [1.54, 1.807) is 0 Å². The number of rotatable bonds is 6. The smallest absolute Gasteiger partial charge is 0.169 e. The molecule has 21 heavy (non-hydrogen) atoms. The van der Waals surface area contributed by atoms with Gasteiger partial charge in [0.2, 0.25) is 0 Å². The molecule has 2 nitrogen and oxygen atoms in total. The first kappa shape index (κ1) is 16.3. The van der Waals surface area contributed by atoms with Crippen molar-refractivity contribution in [1.29, 1.82) is 0 Å². The number of halogens is 1. The van der Waals surface area contributed by atoms with E-state index in [1.807, 2.05) is 12.1 Å². The van der Waals surface area contributed by atoms with Crippen LogP contribution in [0.4, 0.5) is 0 Å². The lowest BCUT2D eigenvalue weighted by Crippen LogP contribution is -2.22. The highest BCUT2D eigenvalue weighted by Gasteiger charge is 2.20. The minimum absolute atomic E-state index is 0.0973. The molecule has 0 aliphatic carbocycles. The number of benzene rings is 1. The normalized spacial score (nSPS) is 13.4. The van der Waals surface area contributed by atoms with Crippen LogP contribution in [0.15, 0.2) is 45.5 Å². The summed E-state index contributed by atoms with van der Waals surface area (Å²) in [6.07, 6.45) is 1.13. The van der Waals surface area contributed by atoms with Gasteiger partial charge in [0.25, 0.3) is 0 Å². The Hall–Kier alpha value is -1.06. The Bertz CT molecular complexity index is 571. The van der Waals surface area contributed by atoms with Crippen molar-refractivity contribution in [1.82, 2.24) is 5.32 Å². The van der Waals surface area contributed by atoms with Crippen LogP contribution in [0.2, 0.25) is 0 Å². The van der Waals surface area contributed by atoms with Gasteiger partial charge in [0, 0.05) is 0 Å². The monoisotopic (exact) mass is 349 g/mol. The SMILES string of the molecule is CCNC(c1ccc(C(C)(C)CC)cc1)c1ccc(Br)o1. The molecule has 0 radical (unpaired) electrons. The highest BCUT2D eigenvalue weighted by molar-refractivity contribution is 9.10. The molecule has 3 heteroatoms. The van der Waals surface area contributed by atoms with E-state index in [0.717, 1.165) is 23.4 Å². The number of nitrogens with one attached hydrogen (secondary N) is 1. The molecule has 0 bridgehead atoms. The summed E-state index contributed by atoms with van der Waals surface area (Å²) in [6, 6.07) is 12.9. The molecule has 0 amide bonds. The van der Waals surface area contributed by atoms with Crippen molar-refractivity contribution in [3.05, 3.63) is 58.0 Å². The van der Waals surface area contributed by atoms with Crippen molar-refractivity contribution >= 4 is 15.9 Å². The van der Waals surface area contributed by atoms with Crippen molar-refractivity contribution in [2.24, 2.45) is 0 Å². The zero-order valence-corrected chi connectivity index (χ0v) is 14.8. The second-order valence-electron chi connectivity index (χ2n) is 5.99. The van der Waals surface area contributed by atoms with Crippen molar-refractivity contribution in [2.75, 3.05) is 6.54 Å². The van der Waals surface area contributed by atoms with Crippen LogP contribution in [0.3, 0.4) is 0 Å². The van der Waals surface area contributed by atoms with Crippen LogP contribution >= 0.6 is 15.9 Å². The zero-order chi connectivity index (χ0) is 15.5. The van der Waals surface area contributed by atoms with Gasteiger partial charge in [-0.05, 0) is 57.6 Å². The van der Waals surface area contributed by atoms with E-state index < -0.39 is 0 Å². The number of hydrogen-bond acceptors (Lipinski definition) is 2. The average molecular weight is 350 g/mol. The second-order valence-corrected chi connectivity index (χ2v) is 6.77. The van der Waals surface area contributed by atoms with Gasteiger partial charge in [0.15, 0.2) is 4.67 Å². The lowest BCUT2D eigenvalue weighted by Gasteiger charge is -2.24. The molecular formula is C18H24BrNO. The highest BCUT2D eigenvalue weighted by atomic mass is 79.9. The third-order valence-electron chi connectivity index (χ3n) is 4.20. The van der Waals surface area contributed by atoms with E-state index in [-0.39, 0.29) is 11.5 Å². The molecule has 0 saturated carbocycles. The van der Waals surface area contributed by atoms with Gasteiger partial charge in [-0.3, -0.25) is 0 Å². The summed E-state index contributed by atoms with van der Waals surface area (Å²) in [6.45, 7) is 9.81. The summed E-state index contributed by atoms with van der Waals surface area (Å²) in [5.41, 5.74) is 2.83. The third kappa shape index (κ3) is 3.78. The predicted octanol–water partition coefficient (Wildman–Crippen LogP) is 5.43. The van der Waals surface area contributed by atoms with E-state index in [1.165, 1.54) is 11.1 Å². The van der Waals surface area contributed by atoms with Crippen LogP contribution < -0.4 is 5.32 Å². The van der Waals surface area contributed by atoms with Gasteiger partial charge in [0.05, 0.1) is 6.04 Å². The lowest BCUT2D eigenvalue weighted by molar-refractivity contribution is 0.437. The fraction of sp³-hybridized carbons (Fsp3) is 0.444. The van der Waals surface area contributed by atoms with Crippen molar-refractivity contribution in [2.45, 2.75) is 45.6 Å². The molecule has 1 unspecified atom stereocenters.